The zero-order valence-corrected chi connectivity index (χ0v) is 14.3. The van der Waals surface area contributed by atoms with Crippen molar-refractivity contribution in [2.45, 2.75) is 13.8 Å². The molecule has 0 heterocycles. The maximum Gasteiger partial charge on any atom is 0.255 e. The minimum Gasteiger partial charge on any atom is -0.496 e. The van der Waals surface area contributed by atoms with Crippen LogP contribution in [-0.4, -0.2) is 37.9 Å². The Hall–Kier alpha value is -1.46. The molecule has 0 spiro atoms. The van der Waals surface area contributed by atoms with Gasteiger partial charge in [-0.15, -0.1) is 11.6 Å². The molecule has 1 rings (SSSR count). The van der Waals surface area contributed by atoms with E-state index in [0.29, 0.717) is 29.4 Å². The lowest BCUT2D eigenvalue weighted by Gasteiger charge is -2.20. The lowest BCUT2D eigenvalue weighted by Crippen LogP contribution is -2.42. The summed E-state index contributed by atoms with van der Waals surface area (Å²) < 4.78 is 5.12. The average molecular weight is 347 g/mol. The fourth-order valence-corrected chi connectivity index (χ4v) is 1.90. The van der Waals surface area contributed by atoms with Crippen molar-refractivity contribution in [3.05, 3.63) is 28.8 Å². The molecule has 0 aliphatic rings. The van der Waals surface area contributed by atoms with Crippen LogP contribution in [-0.2, 0) is 4.79 Å². The van der Waals surface area contributed by atoms with Gasteiger partial charge in [0, 0.05) is 24.0 Å². The third-order valence-corrected chi connectivity index (χ3v) is 3.95. The highest BCUT2D eigenvalue weighted by molar-refractivity contribution is 6.31. The number of hydrogen-bond acceptors (Lipinski definition) is 3. The number of benzene rings is 1. The zero-order valence-electron chi connectivity index (χ0n) is 12.8. The van der Waals surface area contributed by atoms with Crippen LogP contribution in [0.2, 0.25) is 5.02 Å². The molecule has 0 aliphatic carbocycles. The minimum absolute atomic E-state index is 0.155. The topological polar surface area (TPSA) is 67.4 Å². The van der Waals surface area contributed by atoms with Gasteiger partial charge in [-0.3, -0.25) is 9.59 Å². The number of methoxy groups -OCH3 is 1. The van der Waals surface area contributed by atoms with Crippen LogP contribution in [0.4, 0.5) is 0 Å². The molecule has 0 atom stereocenters. The molecule has 0 aliphatic heterocycles. The largest absolute Gasteiger partial charge is 0.496 e. The Balaban J connectivity index is 2.51. The molecule has 122 valence electrons. The molecule has 0 radical (unpaired) electrons. The Morgan fingerprint density at radius 3 is 2.45 bits per heavy atom. The second-order valence-electron chi connectivity index (χ2n) is 5.37. The first-order valence-corrected chi connectivity index (χ1v) is 7.69. The number of carbonyl (C=O) groups is 2. The van der Waals surface area contributed by atoms with Crippen molar-refractivity contribution in [1.82, 2.24) is 10.6 Å². The molecule has 5 nitrogen and oxygen atoms in total. The SMILES string of the molecule is COc1ccc(Cl)cc1C(=O)NCCNC(=O)C(C)(C)CCl. The van der Waals surface area contributed by atoms with Crippen LogP contribution in [0.15, 0.2) is 18.2 Å². The summed E-state index contributed by atoms with van der Waals surface area (Å²) in [7, 11) is 1.48. The molecular weight excluding hydrogens is 327 g/mol. The molecule has 0 aromatic heterocycles. The molecule has 0 unspecified atom stereocenters. The van der Waals surface area contributed by atoms with E-state index in [1.54, 1.807) is 26.0 Å². The van der Waals surface area contributed by atoms with Crippen molar-refractivity contribution in [2.75, 3.05) is 26.1 Å². The summed E-state index contributed by atoms with van der Waals surface area (Å²) in [6, 6.07) is 4.80. The summed E-state index contributed by atoms with van der Waals surface area (Å²) in [5, 5.41) is 5.87. The van der Waals surface area contributed by atoms with Crippen molar-refractivity contribution in [1.29, 1.82) is 0 Å². The lowest BCUT2D eigenvalue weighted by atomic mass is 9.95. The summed E-state index contributed by atoms with van der Waals surface area (Å²) >= 11 is 11.6. The molecule has 0 saturated heterocycles. The monoisotopic (exact) mass is 346 g/mol. The van der Waals surface area contributed by atoms with E-state index < -0.39 is 5.41 Å². The molecule has 0 saturated carbocycles. The summed E-state index contributed by atoms with van der Waals surface area (Å²) in [5.74, 6) is 0.196. The highest BCUT2D eigenvalue weighted by atomic mass is 35.5. The van der Waals surface area contributed by atoms with Crippen LogP contribution in [0.3, 0.4) is 0 Å². The van der Waals surface area contributed by atoms with Crippen molar-refractivity contribution in [2.24, 2.45) is 5.41 Å². The Kier molecular flexibility index (Phi) is 6.97. The van der Waals surface area contributed by atoms with E-state index in [0.717, 1.165) is 0 Å². The van der Waals surface area contributed by atoms with Crippen molar-refractivity contribution in [3.63, 3.8) is 0 Å². The first kappa shape index (κ1) is 18.6. The summed E-state index contributed by atoms with van der Waals surface area (Å²) in [5.41, 5.74) is -0.288. The average Bonchev–Trinajstić information content (AvgIpc) is 2.50. The highest BCUT2D eigenvalue weighted by Crippen LogP contribution is 2.22. The van der Waals surface area contributed by atoms with Gasteiger partial charge in [-0.25, -0.2) is 0 Å². The van der Waals surface area contributed by atoms with E-state index in [1.165, 1.54) is 13.2 Å². The Bertz CT molecular complexity index is 548. The molecule has 7 heteroatoms. The first-order valence-electron chi connectivity index (χ1n) is 6.78. The first-order chi connectivity index (χ1) is 10.3. The summed E-state index contributed by atoms with van der Waals surface area (Å²) in [6.45, 7) is 4.11. The van der Waals surface area contributed by atoms with Crippen LogP contribution in [0.1, 0.15) is 24.2 Å². The molecule has 2 N–H and O–H groups in total. The summed E-state index contributed by atoms with van der Waals surface area (Å²) in [4.78, 5) is 23.9. The second kappa shape index (κ2) is 8.25. The van der Waals surface area contributed by atoms with E-state index in [9.17, 15) is 9.59 Å². The van der Waals surface area contributed by atoms with Crippen LogP contribution < -0.4 is 15.4 Å². The Morgan fingerprint density at radius 1 is 1.23 bits per heavy atom. The zero-order chi connectivity index (χ0) is 16.8. The third-order valence-electron chi connectivity index (χ3n) is 3.05. The number of halogens is 2. The third kappa shape index (κ3) is 5.07. The van der Waals surface area contributed by atoms with Crippen molar-refractivity contribution in [3.8, 4) is 5.75 Å². The van der Waals surface area contributed by atoms with E-state index in [-0.39, 0.29) is 17.7 Å². The van der Waals surface area contributed by atoms with Crippen molar-refractivity contribution >= 4 is 35.0 Å². The van der Waals surface area contributed by atoms with Crippen LogP contribution >= 0.6 is 23.2 Å². The van der Waals surface area contributed by atoms with E-state index in [1.807, 2.05) is 0 Å². The molecular formula is C15H20Cl2N2O3. The van der Waals surface area contributed by atoms with Gasteiger partial charge in [-0.05, 0) is 32.0 Å². The van der Waals surface area contributed by atoms with Gasteiger partial charge in [-0.1, -0.05) is 11.6 Å². The molecule has 1 aromatic carbocycles. The van der Waals surface area contributed by atoms with E-state index in [4.69, 9.17) is 27.9 Å². The fraction of sp³-hybridized carbons (Fsp3) is 0.467. The van der Waals surface area contributed by atoms with E-state index >= 15 is 0 Å². The van der Waals surface area contributed by atoms with Crippen LogP contribution in [0, 0.1) is 5.41 Å². The van der Waals surface area contributed by atoms with Gasteiger partial charge in [0.05, 0.1) is 18.1 Å². The number of rotatable bonds is 7. The van der Waals surface area contributed by atoms with Gasteiger partial charge < -0.3 is 15.4 Å². The van der Waals surface area contributed by atoms with Gasteiger partial charge in [-0.2, -0.15) is 0 Å². The molecule has 0 bridgehead atoms. The maximum atomic E-state index is 12.1. The predicted octanol–water partition coefficient (Wildman–Crippen LogP) is 2.46. The van der Waals surface area contributed by atoms with Crippen LogP contribution in [0.25, 0.3) is 0 Å². The normalized spacial score (nSPS) is 11.0. The van der Waals surface area contributed by atoms with Gasteiger partial charge in [0.2, 0.25) is 5.91 Å². The van der Waals surface area contributed by atoms with Crippen molar-refractivity contribution < 1.29 is 14.3 Å². The van der Waals surface area contributed by atoms with Gasteiger partial charge in [0.1, 0.15) is 5.75 Å². The number of amides is 2. The van der Waals surface area contributed by atoms with Gasteiger partial charge in [0.25, 0.3) is 5.91 Å². The van der Waals surface area contributed by atoms with Gasteiger partial charge in [0.15, 0.2) is 0 Å². The lowest BCUT2D eigenvalue weighted by molar-refractivity contribution is -0.128. The van der Waals surface area contributed by atoms with Crippen LogP contribution in [0.5, 0.6) is 5.75 Å². The number of ether oxygens (including phenoxy) is 1. The number of nitrogens with one attached hydrogen (secondary N) is 2. The molecule has 1 aromatic rings. The Labute approximate surface area is 140 Å². The molecule has 22 heavy (non-hydrogen) atoms. The Morgan fingerprint density at radius 2 is 1.86 bits per heavy atom. The quantitative estimate of drug-likeness (QED) is 0.588. The standard InChI is InChI=1S/C15H20Cl2N2O3/c1-15(2,9-16)14(21)19-7-6-18-13(20)11-8-10(17)4-5-12(11)22-3/h4-5,8H,6-7,9H2,1-3H3,(H,18,20)(H,19,21). The second-order valence-corrected chi connectivity index (χ2v) is 6.08. The van der Waals surface area contributed by atoms with E-state index in [2.05, 4.69) is 10.6 Å². The number of carbonyl (C=O) groups excluding carboxylic acids is 2. The number of hydrogen-bond donors (Lipinski definition) is 2. The molecule has 2 amide bonds. The predicted molar refractivity (Wildman–Crippen MR) is 87.8 cm³/mol. The molecule has 0 fully saturated rings. The maximum absolute atomic E-state index is 12.1. The fourth-order valence-electron chi connectivity index (χ4n) is 1.60. The summed E-state index contributed by atoms with van der Waals surface area (Å²) in [6.07, 6.45) is 0. The highest BCUT2D eigenvalue weighted by Gasteiger charge is 2.25. The number of alkyl halides is 1. The minimum atomic E-state index is -0.637. The smallest absolute Gasteiger partial charge is 0.255 e. The van der Waals surface area contributed by atoms with Gasteiger partial charge >= 0.3 is 0 Å².